The van der Waals surface area contributed by atoms with Gasteiger partial charge in [0.25, 0.3) is 0 Å². The molecule has 0 atom stereocenters. The van der Waals surface area contributed by atoms with E-state index >= 15 is 0 Å². The van der Waals surface area contributed by atoms with Crippen molar-refractivity contribution in [3.63, 3.8) is 0 Å². The minimum absolute atomic E-state index is 0.0265. The zero-order valence-electron chi connectivity index (χ0n) is 13.0. The number of rotatable bonds is 7. The molecule has 0 aliphatic heterocycles. The van der Waals surface area contributed by atoms with E-state index in [2.05, 4.69) is 5.16 Å². The average Bonchev–Trinajstić information content (AvgIpc) is 2.43. The Hall–Kier alpha value is -1.95. The molecule has 6 heteroatoms. The predicted octanol–water partition coefficient (Wildman–Crippen LogP) is 2.37. The van der Waals surface area contributed by atoms with E-state index in [1.54, 1.807) is 18.2 Å². The number of hydrogen-bond acceptors (Lipinski definition) is 5. The van der Waals surface area contributed by atoms with E-state index in [4.69, 9.17) is 25.2 Å². The Bertz CT molecular complexity index is 481. The number of nitrogens with two attached hydrogens (primary N) is 1. The van der Waals surface area contributed by atoms with Crippen molar-refractivity contribution in [2.45, 2.75) is 33.3 Å². The lowest BCUT2D eigenvalue weighted by molar-refractivity contribution is -0.0165. The smallest absolute Gasteiger partial charge is 0.170 e. The molecular formula is C15H24N2O4. The molecule has 1 rings (SSSR count). The van der Waals surface area contributed by atoms with E-state index in [9.17, 15) is 0 Å². The van der Waals surface area contributed by atoms with Gasteiger partial charge in [0.1, 0.15) is 6.61 Å². The summed E-state index contributed by atoms with van der Waals surface area (Å²) in [5.41, 5.74) is 5.94. The molecule has 0 aliphatic carbocycles. The predicted molar refractivity (Wildman–Crippen MR) is 81.3 cm³/mol. The molecule has 0 saturated heterocycles. The molecular weight excluding hydrogens is 272 g/mol. The summed E-state index contributed by atoms with van der Waals surface area (Å²) in [4.78, 5) is 0. The van der Waals surface area contributed by atoms with Crippen LogP contribution in [0.5, 0.6) is 11.5 Å². The van der Waals surface area contributed by atoms with Crippen molar-refractivity contribution in [3.05, 3.63) is 23.8 Å². The van der Waals surface area contributed by atoms with E-state index in [-0.39, 0.29) is 11.4 Å². The highest BCUT2D eigenvalue weighted by molar-refractivity contribution is 5.97. The van der Waals surface area contributed by atoms with Gasteiger partial charge in [0.15, 0.2) is 17.3 Å². The van der Waals surface area contributed by atoms with Crippen LogP contribution >= 0.6 is 0 Å². The molecule has 0 fully saturated rings. The van der Waals surface area contributed by atoms with Gasteiger partial charge in [0.2, 0.25) is 0 Å². The first-order chi connectivity index (χ1) is 9.87. The molecule has 3 N–H and O–H groups in total. The Morgan fingerprint density at radius 3 is 2.48 bits per heavy atom. The fourth-order valence-electron chi connectivity index (χ4n) is 1.61. The minimum atomic E-state index is -0.192. The van der Waals surface area contributed by atoms with Crippen molar-refractivity contribution in [1.29, 1.82) is 0 Å². The molecule has 1 aromatic carbocycles. The van der Waals surface area contributed by atoms with Crippen LogP contribution in [0.3, 0.4) is 0 Å². The zero-order valence-corrected chi connectivity index (χ0v) is 13.0. The van der Waals surface area contributed by atoms with Crippen molar-refractivity contribution in [2.75, 3.05) is 19.8 Å². The number of benzene rings is 1. The SMILES string of the molecule is CCOc1cc(/C(N)=N/O)ccc1OCCOC(C)(C)C. The first kappa shape index (κ1) is 17.1. The van der Waals surface area contributed by atoms with Crippen LogP contribution in [0.1, 0.15) is 33.3 Å². The molecule has 0 heterocycles. The van der Waals surface area contributed by atoms with Crippen LogP contribution in [0.15, 0.2) is 23.4 Å². The van der Waals surface area contributed by atoms with E-state index in [1.165, 1.54) is 0 Å². The number of ether oxygens (including phenoxy) is 3. The van der Waals surface area contributed by atoms with E-state index in [1.807, 2.05) is 27.7 Å². The van der Waals surface area contributed by atoms with Gasteiger partial charge < -0.3 is 25.2 Å². The summed E-state index contributed by atoms with van der Waals surface area (Å²) in [6.07, 6.45) is 0. The zero-order chi connectivity index (χ0) is 15.9. The minimum Gasteiger partial charge on any atom is -0.490 e. The third-order valence-electron chi connectivity index (χ3n) is 2.52. The summed E-state index contributed by atoms with van der Waals surface area (Å²) >= 11 is 0. The summed E-state index contributed by atoms with van der Waals surface area (Å²) in [5.74, 6) is 1.18. The van der Waals surface area contributed by atoms with Crippen molar-refractivity contribution in [3.8, 4) is 11.5 Å². The monoisotopic (exact) mass is 296 g/mol. The first-order valence-corrected chi connectivity index (χ1v) is 6.89. The van der Waals surface area contributed by atoms with Crippen molar-refractivity contribution in [1.82, 2.24) is 0 Å². The molecule has 21 heavy (non-hydrogen) atoms. The first-order valence-electron chi connectivity index (χ1n) is 6.89. The van der Waals surface area contributed by atoms with Gasteiger partial charge in [-0.2, -0.15) is 0 Å². The van der Waals surface area contributed by atoms with E-state index in [0.717, 1.165) is 0 Å². The standard InChI is InChI=1S/C15H24N2O4/c1-5-19-13-10-11(14(16)17-18)6-7-12(13)20-8-9-21-15(2,3)4/h6-7,10,18H,5,8-9H2,1-4H3,(H2,16,17). The number of nitrogens with zero attached hydrogens (tertiary/aromatic N) is 1. The Balaban J connectivity index is 2.72. The summed E-state index contributed by atoms with van der Waals surface area (Å²) in [6.45, 7) is 9.24. The fraction of sp³-hybridized carbons (Fsp3) is 0.533. The van der Waals surface area contributed by atoms with Gasteiger partial charge >= 0.3 is 0 Å². The Labute approximate surface area is 125 Å². The normalized spacial score (nSPS) is 12.3. The Morgan fingerprint density at radius 1 is 1.19 bits per heavy atom. The van der Waals surface area contributed by atoms with Crippen LogP contribution in [0.2, 0.25) is 0 Å². The second-order valence-corrected chi connectivity index (χ2v) is 5.39. The largest absolute Gasteiger partial charge is 0.490 e. The molecule has 118 valence electrons. The van der Waals surface area contributed by atoms with Crippen molar-refractivity contribution >= 4 is 5.84 Å². The van der Waals surface area contributed by atoms with Crippen molar-refractivity contribution in [2.24, 2.45) is 10.9 Å². The Morgan fingerprint density at radius 2 is 1.90 bits per heavy atom. The molecule has 0 amide bonds. The fourth-order valence-corrected chi connectivity index (χ4v) is 1.61. The average molecular weight is 296 g/mol. The third kappa shape index (κ3) is 5.91. The van der Waals surface area contributed by atoms with Crippen LogP contribution in [-0.4, -0.2) is 36.5 Å². The maximum Gasteiger partial charge on any atom is 0.170 e. The maximum absolute atomic E-state index is 8.70. The summed E-state index contributed by atoms with van der Waals surface area (Å²) < 4.78 is 16.8. The van der Waals surface area contributed by atoms with Crippen LogP contribution in [0.4, 0.5) is 0 Å². The highest BCUT2D eigenvalue weighted by Gasteiger charge is 2.11. The highest BCUT2D eigenvalue weighted by Crippen LogP contribution is 2.28. The molecule has 0 spiro atoms. The molecule has 0 saturated carbocycles. The van der Waals surface area contributed by atoms with Gasteiger partial charge in [-0.1, -0.05) is 5.16 Å². The van der Waals surface area contributed by atoms with Gasteiger partial charge in [-0.05, 0) is 45.9 Å². The molecule has 6 nitrogen and oxygen atoms in total. The number of hydrogen-bond donors (Lipinski definition) is 2. The number of amidine groups is 1. The molecule has 0 unspecified atom stereocenters. The van der Waals surface area contributed by atoms with Crippen LogP contribution < -0.4 is 15.2 Å². The maximum atomic E-state index is 8.70. The van der Waals surface area contributed by atoms with Gasteiger partial charge in [-0.3, -0.25) is 0 Å². The highest BCUT2D eigenvalue weighted by atomic mass is 16.5. The van der Waals surface area contributed by atoms with Crippen molar-refractivity contribution < 1.29 is 19.4 Å². The molecule has 0 radical (unpaired) electrons. The van der Waals surface area contributed by atoms with Gasteiger partial charge in [0, 0.05) is 5.56 Å². The van der Waals surface area contributed by atoms with Gasteiger partial charge in [-0.15, -0.1) is 0 Å². The summed E-state index contributed by atoms with van der Waals surface area (Å²) in [7, 11) is 0. The number of oxime groups is 1. The van der Waals surface area contributed by atoms with Crippen LogP contribution in [0, 0.1) is 0 Å². The second-order valence-electron chi connectivity index (χ2n) is 5.39. The van der Waals surface area contributed by atoms with Crippen LogP contribution in [0.25, 0.3) is 0 Å². The molecule has 0 aliphatic rings. The lowest BCUT2D eigenvalue weighted by Crippen LogP contribution is -2.22. The molecule has 0 aromatic heterocycles. The van der Waals surface area contributed by atoms with Gasteiger partial charge in [0.05, 0.1) is 18.8 Å². The molecule has 0 bridgehead atoms. The second kappa shape index (κ2) is 7.73. The quantitative estimate of drug-likeness (QED) is 0.265. The van der Waals surface area contributed by atoms with Crippen LogP contribution in [-0.2, 0) is 4.74 Å². The van der Waals surface area contributed by atoms with E-state index < -0.39 is 0 Å². The van der Waals surface area contributed by atoms with Gasteiger partial charge in [-0.25, -0.2) is 0 Å². The molecule has 1 aromatic rings. The Kier molecular flexibility index (Phi) is 6.30. The topological polar surface area (TPSA) is 86.3 Å². The lowest BCUT2D eigenvalue weighted by atomic mass is 10.2. The lowest BCUT2D eigenvalue weighted by Gasteiger charge is -2.20. The third-order valence-corrected chi connectivity index (χ3v) is 2.52. The summed E-state index contributed by atoms with van der Waals surface area (Å²) in [6, 6.07) is 5.12. The summed E-state index contributed by atoms with van der Waals surface area (Å²) in [5, 5.41) is 11.7. The van der Waals surface area contributed by atoms with E-state index in [0.29, 0.717) is 36.9 Å².